The highest BCUT2D eigenvalue weighted by atomic mass is 15.4. The van der Waals surface area contributed by atoms with Crippen molar-refractivity contribution < 1.29 is 0 Å². The van der Waals surface area contributed by atoms with Gasteiger partial charge in [0.2, 0.25) is 0 Å². The lowest BCUT2D eigenvalue weighted by Crippen LogP contribution is -2.49. The molecule has 3 saturated heterocycles. The van der Waals surface area contributed by atoms with Crippen LogP contribution in [0, 0.1) is 17.8 Å². The van der Waals surface area contributed by atoms with Crippen LogP contribution in [0.4, 0.5) is 0 Å². The van der Waals surface area contributed by atoms with Crippen molar-refractivity contribution in [1.29, 1.82) is 0 Å². The molecule has 4 rings (SSSR count). The highest BCUT2D eigenvalue weighted by Crippen LogP contribution is 2.53. The van der Waals surface area contributed by atoms with Crippen molar-refractivity contribution in [2.45, 2.75) is 58.3 Å². The van der Waals surface area contributed by atoms with E-state index in [1.807, 2.05) is 0 Å². The minimum Gasteiger partial charge on any atom is -0.300 e. The van der Waals surface area contributed by atoms with Crippen LogP contribution < -0.4 is 0 Å². The minimum atomic E-state index is 0.743. The smallest absolute Gasteiger partial charge is 0.0242 e. The van der Waals surface area contributed by atoms with Gasteiger partial charge in [0.25, 0.3) is 0 Å². The van der Waals surface area contributed by atoms with E-state index in [-0.39, 0.29) is 0 Å². The third kappa shape index (κ3) is 2.05. The average Bonchev–Trinajstić information content (AvgIpc) is 2.87. The molecule has 4 atom stereocenters. The molecule has 4 unspecified atom stereocenters. The Labute approximate surface area is 124 Å². The summed E-state index contributed by atoms with van der Waals surface area (Å²) in [6.07, 6.45) is 1.44. The molecule has 0 aromatic carbocycles. The number of hydrogen-bond donors (Lipinski definition) is 0. The summed E-state index contributed by atoms with van der Waals surface area (Å²) in [5, 5.41) is 0. The van der Waals surface area contributed by atoms with Gasteiger partial charge in [0.1, 0.15) is 0 Å². The number of hydrogen-bond acceptors (Lipinski definition) is 3. The lowest BCUT2D eigenvalue weighted by molar-refractivity contribution is 0.0958. The van der Waals surface area contributed by atoms with E-state index in [1.165, 1.54) is 39.1 Å². The lowest BCUT2D eigenvalue weighted by atomic mass is 10.2. The molecule has 0 spiro atoms. The van der Waals surface area contributed by atoms with Gasteiger partial charge >= 0.3 is 0 Å². The first kappa shape index (κ1) is 13.5. The summed E-state index contributed by atoms with van der Waals surface area (Å²) in [5.41, 5.74) is 0. The summed E-state index contributed by atoms with van der Waals surface area (Å²) in [6.45, 7) is 16.3. The molecule has 3 heteroatoms. The predicted molar refractivity (Wildman–Crippen MR) is 82.8 cm³/mol. The maximum Gasteiger partial charge on any atom is 0.0242 e. The first-order valence-corrected chi connectivity index (χ1v) is 8.78. The Kier molecular flexibility index (Phi) is 3.17. The number of likely N-dealkylation sites (tertiary alicyclic amines) is 3. The van der Waals surface area contributed by atoms with Gasteiger partial charge in [-0.05, 0) is 51.9 Å². The Morgan fingerprint density at radius 1 is 0.850 bits per heavy atom. The monoisotopic (exact) mass is 277 g/mol. The van der Waals surface area contributed by atoms with Gasteiger partial charge in [-0.15, -0.1) is 0 Å². The Morgan fingerprint density at radius 3 is 2.05 bits per heavy atom. The van der Waals surface area contributed by atoms with E-state index >= 15 is 0 Å². The van der Waals surface area contributed by atoms with E-state index in [1.54, 1.807) is 0 Å². The third-order valence-corrected chi connectivity index (χ3v) is 6.63. The molecule has 0 aromatic rings. The van der Waals surface area contributed by atoms with Gasteiger partial charge in [0.15, 0.2) is 0 Å². The molecule has 20 heavy (non-hydrogen) atoms. The Hall–Kier alpha value is -0.120. The first-order chi connectivity index (χ1) is 9.54. The SMILES string of the molecule is CC(C)N1CC2C(C1)C2CN1CC2CC1CN2C(C)C. The van der Waals surface area contributed by atoms with Crippen LogP contribution in [0.5, 0.6) is 0 Å². The molecule has 3 nitrogen and oxygen atoms in total. The maximum atomic E-state index is 2.84. The van der Waals surface area contributed by atoms with E-state index in [4.69, 9.17) is 0 Å². The molecule has 0 aromatic heterocycles. The molecule has 3 heterocycles. The predicted octanol–water partition coefficient (Wildman–Crippen LogP) is 1.74. The molecule has 3 aliphatic heterocycles. The Balaban J connectivity index is 1.28. The van der Waals surface area contributed by atoms with Gasteiger partial charge in [-0.2, -0.15) is 0 Å². The molecule has 114 valence electrons. The van der Waals surface area contributed by atoms with Crippen LogP contribution in [-0.4, -0.2) is 71.6 Å². The quantitative estimate of drug-likeness (QED) is 0.775. The van der Waals surface area contributed by atoms with Crippen molar-refractivity contribution in [2.75, 3.05) is 32.7 Å². The largest absolute Gasteiger partial charge is 0.300 e. The zero-order valence-electron chi connectivity index (χ0n) is 13.6. The molecule has 4 aliphatic rings. The van der Waals surface area contributed by atoms with Crippen molar-refractivity contribution in [3.8, 4) is 0 Å². The van der Waals surface area contributed by atoms with Gasteiger partial charge in [-0.3, -0.25) is 9.80 Å². The summed E-state index contributed by atoms with van der Waals surface area (Å²) in [7, 11) is 0. The van der Waals surface area contributed by atoms with Crippen LogP contribution in [0.25, 0.3) is 0 Å². The molecule has 0 radical (unpaired) electrons. The molecular weight excluding hydrogens is 246 g/mol. The fourth-order valence-electron chi connectivity index (χ4n) is 5.28. The van der Waals surface area contributed by atoms with Crippen LogP contribution in [0.3, 0.4) is 0 Å². The average molecular weight is 277 g/mol. The molecule has 1 aliphatic carbocycles. The number of piperazine rings is 1. The molecule has 0 N–H and O–H groups in total. The number of rotatable bonds is 4. The van der Waals surface area contributed by atoms with Crippen molar-refractivity contribution in [2.24, 2.45) is 17.8 Å². The van der Waals surface area contributed by atoms with E-state index in [0.29, 0.717) is 0 Å². The van der Waals surface area contributed by atoms with E-state index in [9.17, 15) is 0 Å². The molecule has 4 fully saturated rings. The van der Waals surface area contributed by atoms with Crippen molar-refractivity contribution in [3.63, 3.8) is 0 Å². The van der Waals surface area contributed by atoms with Gasteiger partial charge in [0, 0.05) is 56.9 Å². The summed E-state index contributed by atoms with van der Waals surface area (Å²) in [4.78, 5) is 8.25. The molecule has 1 saturated carbocycles. The summed E-state index contributed by atoms with van der Waals surface area (Å²) in [5.74, 6) is 3.12. The Morgan fingerprint density at radius 2 is 1.55 bits per heavy atom. The van der Waals surface area contributed by atoms with Crippen LogP contribution in [0.15, 0.2) is 0 Å². The number of fused-ring (bicyclic) bond motifs is 3. The lowest BCUT2D eigenvalue weighted by Gasteiger charge is -2.37. The first-order valence-electron chi connectivity index (χ1n) is 8.78. The molecule has 0 amide bonds. The zero-order valence-corrected chi connectivity index (χ0v) is 13.6. The van der Waals surface area contributed by atoms with Crippen LogP contribution in [-0.2, 0) is 0 Å². The zero-order chi connectivity index (χ0) is 14.0. The fourth-order valence-corrected chi connectivity index (χ4v) is 5.28. The summed E-state index contributed by atoms with van der Waals surface area (Å²) in [6, 6.07) is 3.24. The normalized spacial score (nSPS) is 45.0. The summed E-state index contributed by atoms with van der Waals surface area (Å²) >= 11 is 0. The van der Waals surface area contributed by atoms with E-state index in [2.05, 4.69) is 42.4 Å². The standard InChI is InChI=1S/C17H31N3/c1-11(2)18-8-15-16(9-18)17(15)10-19-6-14-5-13(19)7-20(14)12(3)4/h11-17H,5-10H2,1-4H3. The van der Waals surface area contributed by atoms with E-state index < -0.39 is 0 Å². The van der Waals surface area contributed by atoms with Gasteiger partial charge in [0.05, 0.1) is 0 Å². The van der Waals surface area contributed by atoms with Crippen LogP contribution in [0.1, 0.15) is 34.1 Å². The van der Waals surface area contributed by atoms with Crippen molar-refractivity contribution in [3.05, 3.63) is 0 Å². The van der Waals surface area contributed by atoms with Crippen molar-refractivity contribution >= 4 is 0 Å². The maximum absolute atomic E-state index is 2.84. The summed E-state index contributed by atoms with van der Waals surface area (Å²) < 4.78 is 0. The van der Waals surface area contributed by atoms with Gasteiger partial charge in [-0.25, -0.2) is 0 Å². The van der Waals surface area contributed by atoms with Gasteiger partial charge in [-0.1, -0.05) is 0 Å². The van der Waals surface area contributed by atoms with Crippen molar-refractivity contribution in [1.82, 2.24) is 14.7 Å². The molecular formula is C17H31N3. The highest BCUT2D eigenvalue weighted by molar-refractivity contribution is 5.09. The second-order valence-corrected chi connectivity index (χ2v) is 8.33. The second kappa shape index (κ2) is 4.69. The third-order valence-electron chi connectivity index (χ3n) is 6.63. The topological polar surface area (TPSA) is 9.72 Å². The highest BCUT2D eigenvalue weighted by Gasteiger charge is 2.57. The number of nitrogens with zero attached hydrogens (tertiary/aromatic N) is 3. The van der Waals surface area contributed by atoms with Crippen LogP contribution >= 0.6 is 0 Å². The number of piperidine rings is 1. The Bertz CT molecular complexity index is 368. The van der Waals surface area contributed by atoms with Crippen LogP contribution in [0.2, 0.25) is 0 Å². The van der Waals surface area contributed by atoms with Gasteiger partial charge < -0.3 is 4.90 Å². The second-order valence-electron chi connectivity index (χ2n) is 8.33. The fraction of sp³-hybridized carbons (Fsp3) is 1.00. The van der Waals surface area contributed by atoms with E-state index in [0.717, 1.165) is 41.9 Å². The minimum absolute atomic E-state index is 0.743. The molecule has 2 bridgehead atoms.